The zero-order valence-electron chi connectivity index (χ0n) is 10.4. The third kappa shape index (κ3) is 2.64. The topological polar surface area (TPSA) is 52.3 Å². The highest BCUT2D eigenvalue weighted by molar-refractivity contribution is 6.39. The lowest BCUT2D eigenvalue weighted by molar-refractivity contribution is 0.0555. The van der Waals surface area contributed by atoms with Crippen molar-refractivity contribution in [2.75, 3.05) is 6.61 Å². The van der Waals surface area contributed by atoms with Crippen LogP contribution in [-0.2, 0) is 4.74 Å². The molecule has 0 atom stereocenters. The average Bonchev–Trinajstić information content (AvgIpc) is 2.78. The summed E-state index contributed by atoms with van der Waals surface area (Å²) in [4.78, 5) is 12.0. The zero-order valence-corrected chi connectivity index (χ0v) is 12.0. The molecule has 2 rings (SSSR count). The maximum atomic E-state index is 12.0. The molecule has 0 saturated carbocycles. The van der Waals surface area contributed by atoms with Gasteiger partial charge in [-0.3, -0.25) is 0 Å². The zero-order chi connectivity index (χ0) is 14.7. The monoisotopic (exact) mass is 309 g/mol. The molecule has 0 unspecified atom stereocenters. The number of carbonyl (C=O) groups is 1. The molecule has 1 aromatic carbocycles. The van der Waals surface area contributed by atoms with Gasteiger partial charge in [-0.15, -0.1) is 6.42 Å². The molecule has 2 aromatic rings. The second-order valence-electron chi connectivity index (χ2n) is 3.84. The van der Waals surface area contributed by atoms with Gasteiger partial charge < -0.3 is 9.26 Å². The number of benzene rings is 1. The molecule has 0 aliphatic heterocycles. The van der Waals surface area contributed by atoms with Crippen LogP contribution in [0, 0.1) is 19.3 Å². The summed E-state index contributed by atoms with van der Waals surface area (Å²) in [6, 6.07) is 4.98. The van der Waals surface area contributed by atoms with Crippen molar-refractivity contribution in [1.82, 2.24) is 5.16 Å². The van der Waals surface area contributed by atoms with E-state index in [-0.39, 0.29) is 17.9 Å². The number of terminal acetylenes is 1. The molecule has 0 fully saturated rings. The molecule has 0 spiro atoms. The molecule has 0 N–H and O–H groups in total. The SMILES string of the molecule is C#CCOC(=O)c1c(-c2c(Cl)cccc2Cl)noc1C. The summed E-state index contributed by atoms with van der Waals surface area (Å²) < 4.78 is 9.94. The smallest absolute Gasteiger partial charge is 0.345 e. The van der Waals surface area contributed by atoms with Gasteiger partial charge >= 0.3 is 5.97 Å². The minimum absolute atomic E-state index is 0.140. The van der Waals surface area contributed by atoms with E-state index in [0.29, 0.717) is 21.4 Å². The van der Waals surface area contributed by atoms with Gasteiger partial charge in [0.15, 0.2) is 6.61 Å². The fraction of sp³-hybridized carbons (Fsp3) is 0.143. The summed E-state index contributed by atoms with van der Waals surface area (Å²) in [5.41, 5.74) is 0.815. The van der Waals surface area contributed by atoms with Crippen molar-refractivity contribution in [3.63, 3.8) is 0 Å². The first-order chi connectivity index (χ1) is 9.56. The van der Waals surface area contributed by atoms with Crippen LogP contribution in [0.15, 0.2) is 22.7 Å². The molecule has 1 aromatic heterocycles. The second kappa shape index (κ2) is 6.00. The van der Waals surface area contributed by atoms with E-state index in [1.807, 2.05) is 0 Å². The molecule has 20 heavy (non-hydrogen) atoms. The number of hydrogen-bond acceptors (Lipinski definition) is 4. The van der Waals surface area contributed by atoms with Crippen molar-refractivity contribution < 1.29 is 14.1 Å². The predicted molar refractivity (Wildman–Crippen MR) is 75.8 cm³/mol. The Bertz CT molecular complexity index is 681. The molecule has 0 saturated heterocycles. The number of halogens is 2. The molecule has 0 radical (unpaired) electrons. The van der Waals surface area contributed by atoms with Crippen LogP contribution in [0.5, 0.6) is 0 Å². The van der Waals surface area contributed by atoms with Crippen LogP contribution in [0.2, 0.25) is 10.0 Å². The first kappa shape index (κ1) is 14.4. The van der Waals surface area contributed by atoms with E-state index < -0.39 is 5.97 Å². The van der Waals surface area contributed by atoms with Crippen LogP contribution >= 0.6 is 23.2 Å². The van der Waals surface area contributed by atoms with E-state index in [1.165, 1.54) is 0 Å². The Hall–Kier alpha value is -1.96. The standard InChI is InChI=1S/C14H9Cl2NO3/c1-3-7-19-14(18)11-8(2)20-17-13(11)12-9(15)5-4-6-10(12)16/h1,4-6H,7H2,2H3. The maximum Gasteiger partial charge on any atom is 0.345 e. The summed E-state index contributed by atoms with van der Waals surface area (Å²) in [5, 5.41) is 4.56. The van der Waals surface area contributed by atoms with Crippen molar-refractivity contribution in [1.29, 1.82) is 0 Å². The second-order valence-corrected chi connectivity index (χ2v) is 4.65. The minimum Gasteiger partial charge on any atom is -0.449 e. The summed E-state index contributed by atoms with van der Waals surface area (Å²) in [5.74, 6) is 1.89. The average molecular weight is 310 g/mol. The number of esters is 1. The van der Waals surface area contributed by atoms with Gasteiger partial charge in [0.1, 0.15) is 17.0 Å². The molecule has 6 heteroatoms. The van der Waals surface area contributed by atoms with Crippen molar-refractivity contribution in [3.8, 4) is 23.6 Å². The molecular formula is C14H9Cl2NO3. The lowest BCUT2D eigenvalue weighted by Gasteiger charge is -2.05. The van der Waals surface area contributed by atoms with E-state index in [0.717, 1.165) is 0 Å². The van der Waals surface area contributed by atoms with Crippen LogP contribution in [0.1, 0.15) is 16.1 Å². The summed E-state index contributed by atoms with van der Waals surface area (Å²) >= 11 is 12.2. The van der Waals surface area contributed by atoms with E-state index in [4.69, 9.17) is 38.9 Å². The van der Waals surface area contributed by atoms with Gasteiger partial charge in [-0.25, -0.2) is 4.79 Å². The summed E-state index contributed by atoms with van der Waals surface area (Å²) in [6.45, 7) is 1.45. The molecular weight excluding hydrogens is 301 g/mol. The van der Waals surface area contributed by atoms with Crippen LogP contribution in [-0.4, -0.2) is 17.7 Å². The minimum atomic E-state index is -0.632. The van der Waals surface area contributed by atoms with Crippen LogP contribution in [0.4, 0.5) is 0 Å². The van der Waals surface area contributed by atoms with Crippen molar-refractivity contribution >= 4 is 29.2 Å². The summed E-state index contributed by atoms with van der Waals surface area (Å²) in [6.07, 6.45) is 5.06. The number of carbonyl (C=O) groups excluding carboxylic acids is 1. The fourth-order valence-corrected chi connectivity index (χ4v) is 2.26. The number of ether oxygens (including phenoxy) is 1. The van der Waals surface area contributed by atoms with Crippen LogP contribution in [0.25, 0.3) is 11.3 Å². The lowest BCUT2D eigenvalue weighted by atomic mass is 10.1. The highest BCUT2D eigenvalue weighted by Crippen LogP contribution is 2.36. The van der Waals surface area contributed by atoms with Gasteiger partial charge in [-0.1, -0.05) is 40.3 Å². The van der Waals surface area contributed by atoms with Gasteiger partial charge in [0, 0.05) is 5.56 Å². The maximum absolute atomic E-state index is 12.0. The Morgan fingerprint density at radius 3 is 2.70 bits per heavy atom. The van der Waals surface area contributed by atoms with Gasteiger partial charge in [0.05, 0.1) is 10.0 Å². The quantitative estimate of drug-likeness (QED) is 0.640. The Labute approximate surface area is 125 Å². The molecule has 0 aliphatic rings. The first-order valence-corrected chi connectivity index (χ1v) is 6.33. The molecule has 1 heterocycles. The first-order valence-electron chi connectivity index (χ1n) is 5.57. The van der Waals surface area contributed by atoms with E-state index in [9.17, 15) is 4.79 Å². The molecule has 4 nitrogen and oxygen atoms in total. The van der Waals surface area contributed by atoms with Crippen LogP contribution < -0.4 is 0 Å². The molecule has 0 aliphatic carbocycles. The van der Waals surface area contributed by atoms with Gasteiger partial charge in [-0.05, 0) is 19.1 Å². The fourth-order valence-electron chi connectivity index (χ4n) is 1.69. The molecule has 102 valence electrons. The Morgan fingerprint density at radius 1 is 1.45 bits per heavy atom. The largest absolute Gasteiger partial charge is 0.449 e. The van der Waals surface area contributed by atoms with Crippen LogP contribution in [0.3, 0.4) is 0 Å². The van der Waals surface area contributed by atoms with Crippen molar-refractivity contribution in [2.24, 2.45) is 0 Å². The molecule has 0 amide bonds. The Balaban J connectivity index is 2.55. The number of hydrogen-bond donors (Lipinski definition) is 0. The van der Waals surface area contributed by atoms with Crippen molar-refractivity contribution in [2.45, 2.75) is 6.92 Å². The highest BCUT2D eigenvalue weighted by Gasteiger charge is 2.25. The van der Waals surface area contributed by atoms with Gasteiger partial charge in [0.2, 0.25) is 0 Å². The molecule has 0 bridgehead atoms. The van der Waals surface area contributed by atoms with E-state index in [1.54, 1.807) is 25.1 Å². The van der Waals surface area contributed by atoms with E-state index in [2.05, 4.69) is 11.1 Å². The van der Waals surface area contributed by atoms with E-state index >= 15 is 0 Å². The number of rotatable bonds is 3. The van der Waals surface area contributed by atoms with Crippen molar-refractivity contribution in [3.05, 3.63) is 39.6 Å². The third-order valence-corrected chi connectivity index (χ3v) is 3.18. The normalized spacial score (nSPS) is 10.1. The summed E-state index contributed by atoms with van der Waals surface area (Å²) in [7, 11) is 0. The Morgan fingerprint density at radius 2 is 2.10 bits per heavy atom. The number of aromatic nitrogens is 1. The highest BCUT2D eigenvalue weighted by atomic mass is 35.5. The lowest BCUT2D eigenvalue weighted by Crippen LogP contribution is -2.07. The van der Waals surface area contributed by atoms with Gasteiger partial charge in [-0.2, -0.15) is 0 Å². The third-order valence-electron chi connectivity index (χ3n) is 2.55. The number of nitrogens with zero attached hydrogens (tertiary/aromatic N) is 1. The van der Waals surface area contributed by atoms with Gasteiger partial charge in [0.25, 0.3) is 0 Å². The Kier molecular flexibility index (Phi) is 4.33. The predicted octanol–water partition coefficient (Wildman–Crippen LogP) is 3.75. The number of aryl methyl sites for hydroxylation is 1.